The molecule has 0 aliphatic carbocycles. The lowest BCUT2D eigenvalue weighted by Crippen LogP contribution is -2.15. The van der Waals surface area contributed by atoms with Gasteiger partial charge in [-0.1, -0.05) is 12.1 Å². The normalized spacial score (nSPS) is 11.3. The number of hydrogen-bond donors (Lipinski definition) is 2. The average Bonchev–Trinajstić information content (AvgIpc) is 2.31. The van der Waals surface area contributed by atoms with Crippen LogP contribution in [0.1, 0.15) is 11.1 Å². The SMILES string of the molecule is Nc1ncc(Cc2cccc(OC(F)(F)Cl)c2)c(N)n1. The number of halogens is 3. The molecule has 0 atom stereocenters. The van der Waals surface area contributed by atoms with Crippen LogP contribution < -0.4 is 16.2 Å². The van der Waals surface area contributed by atoms with Crippen LogP contribution in [0.25, 0.3) is 0 Å². The molecule has 0 spiro atoms. The number of ether oxygens (including phenoxy) is 1. The summed E-state index contributed by atoms with van der Waals surface area (Å²) in [5.41, 5.74) is 8.68. The van der Waals surface area contributed by atoms with Gasteiger partial charge in [-0.05, 0) is 17.7 Å². The minimum Gasteiger partial charge on any atom is -0.420 e. The van der Waals surface area contributed by atoms with Crippen LogP contribution in [0.3, 0.4) is 0 Å². The van der Waals surface area contributed by atoms with Gasteiger partial charge >= 0.3 is 5.57 Å². The number of rotatable bonds is 4. The van der Waals surface area contributed by atoms with E-state index in [0.717, 1.165) is 0 Å². The van der Waals surface area contributed by atoms with E-state index in [0.29, 0.717) is 17.5 Å². The molecule has 2 rings (SSSR count). The van der Waals surface area contributed by atoms with Crippen LogP contribution in [0.4, 0.5) is 20.5 Å². The van der Waals surface area contributed by atoms with Gasteiger partial charge in [-0.3, -0.25) is 0 Å². The third-order valence-electron chi connectivity index (χ3n) is 2.44. The first-order valence-electron chi connectivity index (χ1n) is 5.55. The van der Waals surface area contributed by atoms with Gasteiger partial charge < -0.3 is 16.2 Å². The molecule has 0 saturated heterocycles. The molecule has 1 aromatic carbocycles. The molecular formula is C12H11ClF2N4O. The molecule has 1 aromatic heterocycles. The highest BCUT2D eigenvalue weighted by Gasteiger charge is 2.27. The Balaban J connectivity index is 2.19. The first-order chi connectivity index (χ1) is 9.33. The lowest BCUT2D eigenvalue weighted by atomic mass is 10.1. The highest BCUT2D eigenvalue weighted by atomic mass is 35.5. The Hall–Kier alpha value is -2.15. The molecule has 20 heavy (non-hydrogen) atoms. The molecule has 0 aliphatic heterocycles. The van der Waals surface area contributed by atoms with Crippen molar-refractivity contribution in [2.45, 2.75) is 12.0 Å². The van der Waals surface area contributed by atoms with E-state index in [1.165, 1.54) is 18.3 Å². The smallest absolute Gasteiger partial charge is 0.420 e. The number of anilines is 2. The zero-order valence-corrected chi connectivity index (χ0v) is 10.9. The summed E-state index contributed by atoms with van der Waals surface area (Å²) in [4.78, 5) is 7.66. The maximum atomic E-state index is 12.6. The van der Waals surface area contributed by atoms with Crippen LogP contribution in [-0.4, -0.2) is 15.5 Å². The minimum absolute atomic E-state index is 0.0440. The predicted molar refractivity (Wildman–Crippen MR) is 71.5 cm³/mol. The van der Waals surface area contributed by atoms with Crippen LogP contribution in [-0.2, 0) is 6.42 Å². The van der Waals surface area contributed by atoms with Crippen molar-refractivity contribution in [2.24, 2.45) is 0 Å². The maximum Gasteiger partial charge on any atom is 0.487 e. The predicted octanol–water partition coefficient (Wildman–Crippen LogP) is 2.40. The molecule has 0 bridgehead atoms. The third kappa shape index (κ3) is 3.92. The van der Waals surface area contributed by atoms with Crippen LogP contribution in [0, 0.1) is 0 Å². The van der Waals surface area contributed by atoms with Gasteiger partial charge in [0, 0.05) is 29.8 Å². The Morgan fingerprint density at radius 1 is 1.30 bits per heavy atom. The number of benzene rings is 1. The second-order valence-electron chi connectivity index (χ2n) is 4.01. The van der Waals surface area contributed by atoms with Gasteiger partial charge in [0.2, 0.25) is 5.95 Å². The van der Waals surface area contributed by atoms with Gasteiger partial charge in [-0.25, -0.2) is 4.98 Å². The standard InChI is InChI=1S/C12H11ClF2N4O/c13-12(14,15)20-9-3-1-2-7(5-9)4-8-6-18-11(17)19-10(8)16/h1-3,5-6H,4H2,(H4,16,17,18,19). The van der Waals surface area contributed by atoms with E-state index in [1.807, 2.05) is 0 Å². The van der Waals surface area contributed by atoms with Gasteiger partial charge in [0.25, 0.3) is 0 Å². The van der Waals surface area contributed by atoms with E-state index in [9.17, 15) is 8.78 Å². The summed E-state index contributed by atoms with van der Waals surface area (Å²) in [5, 5.41) is 0. The minimum atomic E-state index is -3.75. The largest absolute Gasteiger partial charge is 0.487 e. The first-order valence-corrected chi connectivity index (χ1v) is 5.93. The molecule has 8 heteroatoms. The van der Waals surface area contributed by atoms with Gasteiger partial charge in [-0.2, -0.15) is 4.98 Å². The topological polar surface area (TPSA) is 87.0 Å². The van der Waals surface area contributed by atoms with E-state index in [4.69, 9.17) is 23.1 Å². The second-order valence-corrected chi connectivity index (χ2v) is 4.45. The number of nitrogens with zero attached hydrogens (tertiary/aromatic N) is 2. The quantitative estimate of drug-likeness (QED) is 0.847. The first kappa shape index (κ1) is 14.3. The molecule has 0 radical (unpaired) electrons. The monoisotopic (exact) mass is 300 g/mol. The van der Waals surface area contributed by atoms with Gasteiger partial charge in [0.1, 0.15) is 11.6 Å². The summed E-state index contributed by atoms with van der Waals surface area (Å²) in [6.45, 7) is 0. The number of alkyl halides is 3. The summed E-state index contributed by atoms with van der Waals surface area (Å²) in [6, 6.07) is 6.12. The van der Waals surface area contributed by atoms with Crippen LogP contribution in [0.2, 0.25) is 0 Å². The highest BCUT2D eigenvalue weighted by Crippen LogP contribution is 2.26. The molecule has 0 unspecified atom stereocenters. The van der Waals surface area contributed by atoms with Crippen molar-refractivity contribution in [3.63, 3.8) is 0 Å². The van der Waals surface area contributed by atoms with Crippen molar-refractivity contribution in [1.82, 2.24) is 9.97 Å². The summed E-state index contributed by atoms with van der Waals surface area (Å²) in [7, 11) is 0. The Morgan fingerprint density at radius 3 is 2.70 bits per heavy atom. The Kier molecular flexibility index (Phi) is 3.89. The molecular weight excluding hydrogens is 290 g/mol. The lowest BCUT2D eigenvalue weighted by Gasteiger charge is -2.11. The van der Waals surface area contributed by atoms with E-state index < -0.39 is 5.57 Å². The van der Waals surface area contributed by atoms with Crippen molar-refractivity contribution in [3.05, 3.63) is 41.6 Å². The van der Waals surface area contributed by atoms with Crippen molar-refractivity contribution in [2.75, 3.05) is 11.5 Å². The fourth-order valence-corrected chi connectivity index (χ4v) is 1.73. The zero-order chi connectivity index (χ0) is 14.8. The van der Waals surface area contributed by atoms with Crippen molar-refractivity contribution < 1.29 is 13.5 Å². The Bertz CT molecular complexity index is 619. The summed E-state index contributed by atoms with van der Waals surface area (Å²) in [5.74, 6) is 0.272. The van der Waals surface area contributed by atoms with Crippen LogP contribution >= 0.6 is 11.6 Å². The molecule has 0 amide bonds. The van der Waals surface area contributed by atoms with Crippen molar-refractivity contribution in [1.29, 1.82) is 0 Å². The Morgan fingerprint density at radius 2 is 2.05 bits per heavy atom. The number of nitrogen functional groups attached to an aromatic ring is 2. The maximum absolute atomic E-state index is 12.6. The zero-order valence-electron chi connectivity index (χ0n) is 10.2. The van der Waals surface area contributed by atoms with E-state index >= 15 is 0 Å². The number of aromatic nitrogens is 2. The lowest BCUT2D eigenvalue weighted by molar-refractivity contribution is -0.0965. The molecule has 1 heterocycles. The molecule has 5 nitrogen and oxygen atoms in total. The van der Waals surface area contributed by atoms with Gasteiger partial charge in [0.15, 0.2) is 0 Å². The van der Waals surface area contributed by atoms with Crippen molar-refractivity contribution in [3.8, 4) is 5.75 Å². The van der Waals surface area contributed by atoms with Crippen LogP contribution in [0.5, 0.6) is 5.75 Å². The molecule has 0 fully saturated rings. The third-order valence-corrected chi connectivity index (χ3v) is 2.52. The summed E-state index contributed by atoms with van der Waals surface area (Å²) in [6.07, 6.45) is 1.85. The fourth-order valence-electron chi connectivity index (χ4n) is 1.64. The molecule has 4 N–H and O–H groups in total. The fraction of sp³-hybridized carbons (Fsp3) is 0.167. The van der Waals surface area contributed by atoms with Crippen molar-refractivity contribution >= 4 is 23.4 Å². The summed E-state index contributed by atoms with van der Waals surface area (Å²) < 4.78 is 29.4. The number of hydrogen-bond acceptors (Lipinski definition) is 5. The van der Waals surface area contributed by atoms with E-state index in [2.05, 4.69) is 14.7 Å². The van der Waals surface area contributed by atoms with E-state index in [-0.39, 0.29) is 17.5 Å². The van der Waals surface area contributed by atoms with Gasteiger partial charge in [0.05, 0.1) is 0 Å². The summed E-state index contributed by atoms with van der Waals surface area (Å²) >= 11 is 4.71. The molecule has 2 aromatic rings. The van der Waals surface area contributed by atoms with Crippen LogP contribution in [0.15, 0.2) is 30.5 Å². The molecule has 0 aliphatic rings. The second kappa shape index (κ2) is 5.46. The highest BCUT2D eigenvalue weighted by molar-refractivity contribution is 6.20. The Labute approximate surface area is 118 Å². The molecule has 0 saturated carbocycles. The van der Waals surface area contributed by atoms with E-state index in [1.54, 1.807) is 12.1 Å². The molecule has 106 valence electrons. The number of nitrogens with two attached hydrogens (primary N) is 2. The van der Waals surface area contributed by atoms with Gasteiger partial charge in [-0.15, -0.1) is 8.78 Å². The average molecular weight is 301 g/mol.